The van der Waals surface area contributed by atoms with E-state index >= 15 is 0 Å². The standard InChI is InChI=1S/C20H22F3N5OS/c1-12-15-17(24-8-9-28(2)3)26-11-27-19(15)30-16(12)18(29)25-10-13-4-6-14(7-5-13)20(21,22)23/h4-7,11H,8-10H2,1-3H3,(H,25,29)(H,24,26,27). The molecule has 3 rings (SSSR count). The molecule has 30 heavy (non-hydrogen) atoms. The number of aromatic nitrogens is 2. The van der Waals surface area contributed by atoms with E-state index in [-0.39, 0.29) is 12.5 Å². The van der Waals surface area contributed by atoms with Gasteiger partial charge >= 0.3 is 6.18 Å². The molecule has 6 nitrogen and oxygen atoms in total. The fourth-order valence-corrected chi connectivity index (χ4v) is 3.96. The van der Waals surface area contributed by atoms with Gasteiger partial charge < -0.3 is 15.5 Å². The average molecular weight is 437 g/mol. The highest BCUT2D eigenvalue weighted by molar-refractivity contribution is 7.20. The van der Waals surface area contributed by atoms with Crippen LogP contribution in [0, 0.1) is 6.92 Å². The van der Waals surface area contributed by atoms with E-state index in [9.17, 15) is 18.0 Å². The van der Waals surface area contributed by atoms with E-state index in [1.165, 1.54) is 29.8 Å². The minimum Gasteiger partial charge on any atom is -0.368 e. The van der Waals surface area contributed by atoms with Gasteiger partial charge in [0, 0.05) is 19.6 Å². The van der Waals surface area contributed by atoms with Crippen molar-refractivity contribution in [2.75, 3.05) is 32.5 Å². The molecule has 2 heterocycles. The monoisotopic (exact) mass is 437 g/mol. The highest BCUT2D eigenvalue weighted by Gasteiger charge is 2.30. The number of rotatable bonds is 7. The van der Waals surface area contributed by atoms with Crippen LogP contribution in [0.4, 0.5) is 19.0 Å². The summed E-state index contributed by atoms with van der Waals surface area (Å²) in [6.45, 7) is 3.50. The quantitative estimate of drug-likeness (QED) is 0.586. The van der Waals surface area contributed by atoms with Gasteiger partial charge in [-0.2, -0.15) is 13.2 Å². The SMILES string of the molecule is Cc1c(C(=O)NCc2ccc(C(F)(F)F)cc2)sc2ncnc(NCCN(C)C)c12. The van der Waals surface area contributed by atoms with Gasteiger partial charge in [0.05, 0.1) is 15.8 Å². The largest absolute Gasteiger partial charge is 0.416 e. The highest BCUT2D eigenvalue weighted by atomic mass is 32.1. The number of aryl methyl sites for hydroxylation is 1. The summed E-state index contributed by atoms with van der Waals surface area (Å²) in [6.07, 6.45) is -2.92. The molecular formula is C20H22F3N5OS. The zero-order chi connectivity index (χ0) is 21.9. The smallest absolute Gasteiger partial charge is 0.368 e. The minimum absolute atomic E-state index is 0.129. The topological polar surface area (TPSA) is 70.1 Å². The summed E-state index contributed by atoms with van der Waals surface area (Å²) in [7, 11) is 3.96. The molecule has 0 atom stereocenters. The number of nitrogens with zero attached hydrogens (tertiary/aromatic N) is 3. The first kappa shape index (κ1) is 22.0. The van der Waals surface area contributed by atoms with Crippen LogP contribution in [0.5, 0.6) is 0 Å². The maximum atomic E-state index is 12.7. The molecule has 0 radical (unpaired) electrons. The zero-order valence-corrected chi connectivity index (χ0v) is 17.6. The normalized spacial score (nSPS) is 11.8. The van der Waals surface area contributed by atoms with Crippen molar-refractivity contribution < 1.29 is 18.0 Å². The Morgan fingerprint density at radius 1 is 1.17 bits per heavy atom. The van der Waals surface area contributed by atoms with Crippen molar-refractivity contribution in [3.05, 3.63) is 52.2 Å². The predicted octanol–water partition coefficient (Wildman–Crippen LogP) is 3.92. The van der Waals surface area contributed by atoms with Crippen LogP contribution in [0.25, 0.3) is 10.2 Å². The number of alkyl halides is 3. The lowest BCUT2D eigenvalue weighted by atomic mass is 10.1. The lowest BCUT2D eigenvalue weighted by molar-refractivity contribution is -0.137. The summed E-state index contributed by atoms with van der Waals surface area (Å²) < 4.78 is 38.0. The number of thiophene rings is 1. The molecule has 0 bridgehead atoms. The molecule has 10 heteroatoms. The van der Waals surface area contributed by atoms with E-state index in [4.69, 9.17) is 0 Å². The van der Waals surface area contributed by atoms with Gasteiger partial charge in [0.15, 0.2) is 0 Å². The van der Waals surface area contributed by atoms with Gasteiger partial charge in [0.2, 0.25) is 0 Å². The number of anilines is 1. The summed E-state index contributed by atoms with van der Waals surface area (Å²) in [5.41, 5.74) is 0.639. The van der Waals surface area contributed by atoms with Gasteiger partial charge in [-0.1, -0.05) is 12.1 Å². The Balaban J connectivity index is 1.73. The summed E-state index contributed by atoms with van der Waals surface area (Å²) in [5, 5.41) is 6.85. The van der Waals surface area contributed by atoms with Crippen LogP contribution in [0.15, 0.2) is 30.6 Å². The van der Waals surface area contributed by atoms with Crippen molar-refractivity contribution >= 4 is 33.3 Å². The molecule has 0 spiro atoms. The number of amides is 1. The molecule has 0 aliphatic rings. The first-order valence-electron chi connectivity index (χ1n) is 9.24. The Hall–Kier alpha value is -2.72. The van der Waals surface area contributed by atoms with E-state index in [0.717, 1.165) is 29.6 Å². The number of halogens is 3. The number of hydrogen-bond donors (Lipinski definition) is 2. The number of benzene rings is 1. The lowest BCUT2D eigenvalue weighted by Gasteiger charge is -2.11. The average Bonchev–Trinajstić information content (AvgIpc) is 3.03. The van der Waals surface area contributed by atoms with E-state index in [2.05, 4.69) is 20.6 Å². The second kappa shape index (κ2) is 8.97. The van der Waals surface area contributed by atoms with Crippen LogP contribution in [0.1, 0.15) is 26.4 Å². The summed E-state index contributed by atoms with van der Waals surface area (Å²) >= 11 is 1.26. The van der Waals surface area contributed by atoms with Gasteiger partial charge in [0.25, 0.3) is 5.91 Å². The molecule has 2 N–H and O–H groups in total. The molecule has 3 aromatic rings. The Morgan fingerprint density at radius 2 is 1.87 bits per heavy atom. The summed E-state index contributed by atoms with van der Waals surface area (Å²) in [5.74, 6) is 0.382. The lowest BCUT2D eigenvalue weighted by Crippen LogP contribution is -2.22. The summed E-state index contributed by atoms with van der Waals surface area (Å²) in [4.78, 5) is 24.5. The first-order chi connectivity index (χ1) is 14.2. The van der Waals surface area contributed by atoms with Crippen molar-refractivity contribution in [3.63, 3.8) is 0 Å². The number of likely N-dealkylation sites (N-methyl/N-ethyl adjacent to an activating group) is 1. The van der Waals surface area contributed by atoms with E-state index in [1.807, 2.05) is 25.9 Å². The van der Waals surface area contributed by atoms with Gasteiger partial charge in [-0.3, -0.25) is 4.79 Å². The van der Waals surface area contributed by atoms with Crippen LogP contribution in [-0.4, -0.2) is 48.0 Å². The molecule has 0 unspecified atom stereocenters. The molecule has 0 aliphatic heterocycles. The Labute approximate surface area is 176 Å². The third-order valence-corrected chi connectivity index (χ3v) is 5.72. The fraction of sp³-hybridized carbons (Fsp3) is 0.350. The Morgan fingerprint density at radius 3 is 2.50 bits per heavy atom. The Bertz CT molecular complexity index is 1030. The minimum atomic E-state index is -4.38. The van der Waals surface area contributed by atoms with Gasteiger partial charge in [-0.05, 0) is 44.3 Å². The van der Waals surface area contributed by atoms with Crippen LogP contribution in [0.3, 0.4) is 0 Å². The van der Waals surface area contributed by atoms with Crippen molar-refractivity contribution in [2.24, 2.45) is 0 Å². The number of carbonyl (C=O) groups excluding carboxylic acids is 1. The van der Waals surface area contributed by atoms with Crippen LogP contribution in [0.2, 0.25) is 0 Å². The fourth-order valence-electron chi connectivity index (χ4n) is 2.89. The van der Waals surface area contributed by atoms with E-state index < -0.39 is 11.7 Å². The van der Waals surface area contributed by atoms with E-state index in [0.29, 0.717) is 27.6 Å². The second-order valence-corrected chi connectivity index (χ2v) is 8.07. The molecule has 2 aromatic heterocycles. The third kappa shape index (κ3) is 5.06. The molecule has 0 saturated heterocycles. The van der Waals surface area contributed by atoms with Gasteiger partial charge in [-0.25, -0.2) is 9.97 Å². The highest BCUT2D eigenvalue weighted by Crippen LogP contribution is 2.33. The predicted molar refractivity (Wildman–Crippen MR) is 112 cm³/mol. The maximum absolute atomic E-state index is 12.7. The van der Waals surface area contributed by atoms with Crippen molar-refractivity contribution in [2.45, 2.75) is 19.6 Å². The third-order valence-electron chi connectivity index (χ3n) is 4.52. The molecule has 1 aromatic carbocycles. The van der Waals surface area contributed by atoms with Gasteiger partial charge in [0.1, 0.15) is 17.0 Å². The Kier molecular flexibility index (Phi) is 6.57. The molecule has 0 aliphatic carbocycles. The van der Waals surface area contributed by atoms with Crippen molar-refractivity contribution in [1.82, 2.24) is 20.2 Å². The molecular weight excluding hydrogens is 415 g/mol. The second-order valence-electron chi connectivity index (χ2n) is 7.07. The number of fused-ring (bicyclic) bond motifs is 1. The molecule has 1 amide bonds. The van der Waals surface area contributed by atoms with Crippen LogP contribution >= 0.6 is 11.3 Å². The molecule has 160 valence electrons. The number of hydrogen-bond acceptors (Lipinski definition) is 6. The van der Waals surface area contributed by atoms with Crippen LogP contribution < -0.4 is 10.6 Å². The zero-order valence-electron chi connectivity index (χ0n) is 16.8. The van der Waals surface area contributed by atoms with E-state index in [1.54, 1.807) is 0 Å². The maximum Gasteiger partial charge on any atom is 0.416 e. The van der Waals surface area contributed by atoms with Gasteiger partial charge in [-0.15, -0.1) is 11.3 Å². The number of carbonyl (C=O) groups is 1. The van der Waals surface area contributed by atoms with Crippen LogP contribution in [-0.2, 0) is 12.7 Å². The van der Waals surface area contributed by atoms with Crippen molar-refractivity contribution in [3.8, 4) is 0 Å². The summed E-state index contributed by atoms with van der Waals surface area (Å²) in [6, 6.07) is 4.74. The molecule has 0 saturated carbocycles. The van der Waals surface area contributed by atoms with Crippen molar-refractivity contribution in [1.29, 1.82) is 0 Å². The first-order valence-corrected chi connectivity index (χ1v) is 10.1. The number of nitrogens with one attached hydrogen (secondary N) is 2. The molecule has 0 fully saturated rings.